The maximum Gasteiger partial charge on any atom is 0.110 e. The highest BCUT2D eigenvalue weighted by Gasteiger charge is 2.05. The Bertz CT molecular complexity index is 440. The van der Waals surface area contributed by atoms with Gasteiger partial charge in [-0.2, -0.15) is 0 Å². The predicted octanol–water partition coefficient (Wildman–Crippen LogP) is 2.43. The summed E-state index contributed by atoms with van der Waals surface area (Å²) in [5, 5.41) is 0. The largest absolute Gasteiger partial charge is 0.337 e. The third-order valence-electron chi connectivity index (χ3n) is 2.41. The topological polar surface area (TPSA) is 43.8 Å². The highest BCUT2D eigenvalue weighted by molar-refractivity contribution is 5.85. The summed E-state index contributed by atoms with van der Waals surface area (Å²) in [4.78, 5) is 4.55. The fraction of sp³-hybridized carbons (Fsp3) is 0.250. The van der Waals surface area contributed by atoms with Crippen LogP contribution >= 0.6 is 24.8 Å². The normalized spacial score (nSPS) is 9.29. The van der Waals surface area contributed by atoms with Gasteiger partial charge in [-0.3, -0.25) is 0 Å². The van der Waals surface area contributed by atoms with Gasteiger partial charge < -0.3 is 10.3 Å². The van der Waals surface area contributed by atoms with Crippen molar-refractivity contribution in [1.29, 1.82) is 0 Å². The Morgan fingerprint density at radius 1 is 1.18 bits per heavy atom. The van der Waals surface area contributed by atoms with Crippen LogP contribution in [0, 0.1) is 0 Å². The maximum absolute atomic E-state index is 5.52. The Morgan fingerprint density at radius 3 is 2.41 bits per heavy atom. The summed E-state index contributed by atoms with van der Waals surface area (Å²) >= 11 is 0. The van der Waals surface area contributed by atoms with Crippen molar-refractivity contribution in [2.75, 3.05) is 6.54 Å². The molecule has 1 heterocycles. The van der Waals surface area contributed by atoms with Crippen molar-refractivity contribution in [2.24, 2.45) is 12.8 Å². The van der Waals surface area contributed by atoms with E-state index in [1.54, 1.807) is 0 Å². The number of hydrogen-bond donors (Lipinski definition) is 1. The molecule has 0 amide bonds. The lowest BCUT2D eigenvalue weighted by molar-refractivity contribution is 0.778. The van der Waals surface area contributed by atoms with Crippen LogP contribution in [0.3, 0.4) is 0 Å². The van der Waals surface area contributed by atoms with Crippen LogP contribution in [0.1, 0.15) is 5.82 Å². The zero-order valence-electron chi connectivity index (χ0n) is 9.67. The van der Waals surface area contributed by atoms with Crippen LogP contribution in [0.4, 0.5) is 0 Å². The fourth-order valence-corrected chi connectivity index (χ4v) is 1.61. The second-order valence-electron chi connectivity index (χ2n) is 3.56. The quantitative estimate of drug-likeness (QED) is 0.934. The number of hydrogen-bond acceptors (Lipinski definition) is 2. The first kappa shape index (κ1) is 16.0. The molecule has 0 atom stereocenters. The molecule has 94 valence electrons. The second-order valence-corrected chi connectivity index (χ2v) is 3.56. The predicted molar refractivity (Wildman–Crippen MR) is 75.9 cm³/mol. The molecule has 2 rings (SSSR count). The zero-order chi connectivity index (χ0) is 10.7. The minimum absolute atomic E-state index is 0. The lowest BCUT2D eigenvalue weighted by Crippen LogP contribution is -2.07. The van der Waals surface area contributed by atoms with E-state index in [0.717, 1.165) is 23.5 Å². The van der Waals surface area contributed by atoms with Gasteiger partial charge in [0.2, 0.25) is 0 Å². The van der Waals surface area contributed by atoms with Gasteiger partial charge >= 0.3 is 0 Å². The summed E-state index contributed by atoms with van der Waals surface area (Å²) < 4.78 is 2.04. The minimum atomic E-state index is 0. The van der Waals surface area contributed by atoms with E-state index in [1.807, 2.05) is 36.0 Å². The molecule has 0 spiro atoms. The molecular weight excluding hydrogens is 257 g/mol. The average molecular weight is 274 g/mol. The fourth-order valence-electron chi connectivity index (χ4n) is 1.61. The van der Waals surface area contributed by atoms with Crippen LogP contribution in [0.2, 0.25) is 0 Å². The van der Waals surface area contributed by atoms with Gasteiger partial charge in [-0.1, -0.05) is 30.3 Å². The number of imidazole rings is 1. The summed E-state index contributed by atoms with van der Waals surface area (Å²) in [5.74, 6) is 1.04. The first-order valence-electron chi connectivity index (χ1n) is 5.09. The molecule has 2 N–H and O–H groups in total. The molecule has 0 saturated carbocycles. The van der Waals surface area contributed by atoms with Gasteiger partial charge in [-0.25, -0.2) is 4.98 Å². The summed E-state index contributed by atoms with van der Waals surface area (Å²) in [6, 6.07) is 10.2. The zero-order valence-corrected chi connectivity index (χ0v) is 11.3. The smallest absolute Gasteiger partial charge is 0.110 e. The van der Waals surface area contributed by atoms with Crippen LogP contribution in [0.25, 0.3) is 11.3 Å². The number of aryl methyl sites for hydroxylation is 1. The van der Waals surface area contributed by atoms with Crippen molar-refractivity contribution in [3.8, 4) is 11.3 Å². The lowest BCUT2D eigenvalue weighted by atomic mass is 10.2. The molecule has 0 fully saturated rings. The van der Waals surface area contributed by atoms with E-state index in [-0.39, 0.29) is 24.8 Å². The Kier molecular flexibility index (Phi) is 6.88. The number of aromatic nitrogens is 2. The molecule has 0 bridgehead atoms. The summed E-state index contributed by atoms with van der Waals surface area (Å²) in [6.07, 6.45) is 2.86. The number of halogens is 2. The molecule has 1 aromatic carbocycles. The molecule has 0 unspecified atom stereocenters. The monoisotopic (exact) mass is 273 g/mol. The highest BCUT2D eigenvalue weighted by Crippen LogP contribution is 2.17. The third-order valence-corrected chi connectivity index (χ3v) is 2.41. The van der Waals surface area contributed by atoms with Crippen LogP contribution in [0.15, 0.2) is 36.5 Å². The Hall–Kier alpha value is -1.03. The molecule has 3 nitrogen and oxygen atoms in total. The number of nitrogens with zero attached hydrogens (tertiary/aromatic N) is 2. The molecular formula is C12H17Cl2N3. The molecule has 0 aliphatic rings. The molecule has 17 heavy (non-hydrogen) atoms. The van der Waals surface area contributed by atoms with Crippen molar-refractivity contribution >= 4 is 24.8 Å². The molecule has 0 aliphatic carbocycles. The average Bonchev–Trinajstić information content (AvgIpc) is 2.63. The summed E-state index contributed by atoms with van der Waals surface area (Å²) in [7, 11) is 2.00. The van der Waals surface area contributed by atoms with Gasteiger partial charge in [0.1, 0.15) is 5.82 Å². The first-order chi connectivity index (χ1) is 7.31. The Labute approximate surface area is 114 Å². The van der Waals surface area contributed by atoms with E-state index in [1.165, 1.54) is 0 Å². The van der Waals surface area contributed by atoms with E-state index < -0.39 is 0 Å². The molecule has 2 aromatic rings. The maximum atomic E-state index is 5.52. The summed E-state index contributed by atoms with van der Waals surface area (Å²) in [5.41, 5.74) is 7.69. The van der Waals surface area contributed by atoms with Crippen molar-refractivity contribution in [3.05, 3.63) is 42.4 Å². The minimum Gasteiger partial charge on any atom is -0.337 e. The van der Waals surface area contributed by atoms with Crippen molar-refractivity contribution < 1.29 is 0 Å². The molecule has 5 heteroatoms. The van der Waals surface area contributed by atoms with Gasteiger partial charge in [-0.05, 0) is 6.54 Å². The number of nitrogens with two attached hydrogens (primary N) is 1. The SMILES string of the molecule is Cl.Cl.Cn1cc(-c2ccccc2)nc1CCN. The number of rotatable bonds is 3. The van der Waals surface area contributed by atoms with E-state index >= 15 is 0 Å². The molecule has 0 radical (unpaired) electrons. The van der Waals surface area contributed by atoms with E-state index in [0.29, 0.717) is 6.54 Å². The molecule has 1 aromatic heterocycles. The van der Waals surface area contributed by atoms with Crippen LogP contribution < -0.4 is 5.73 Å². The van der Waals surface area contributed by atoms with Gasteiger partial charge in [0.15, 0.2) is 0 Å². The van der Waals surface area contributed by atoms with Gasteiger partial charge in [0, 0.05) is 25.2 Å². The summed E-state index contributed by atoms with van der Waals surface area (Å²) in [6.45, 7) is 0.638. The Morgan fingerprint density at radius 2 is 1.82 bits per heavy atom. The third kappa shape index (κ3) is 3.73. The van der Waals surface area contributed by atoms with Crippen molar-refractivity contribution in [1.82, 2.24) is 9.55 Å². The Balaban J connectivity index is 0.00000128. The van der Waals surface area contributed by atoms with Crippen molar-refractivity contribution in [2.45, 2.75) is 6.42 Å². The van der Waals surface area contributed by atoms with Crippen LogP contribution in [-0.4, -0.2) is 16.1 Å². The number of benzene rings is 1. The van der Waals surface area contributed by atoms with E-state index in [4.69, 9.17) is 5.73 Å². The van der Waals surface area contributed by atoms with Crippen LogP contribution in [-0.2, 0) is 13.5 Å². The standard InChI is InChI=1S/C12H15N3.2ClH/c1-15-9-11(14-12(15)7-8-13)10-5-3-2-4-6-10;;/h2-6,9H,7-8,13H2,1H3;2*1H. The first-order valence-corrected chi connectivity index (χ1v) is 5.09. The second kappa shape index (κ2) is 7.33. The van der Waals surface area contributed by atoms with Gasteiger partial charge in [-0.15, -0.1) is 24.8 Å². The lowest BCUT2D eigenvalue weighted by Gasteiger charge is -1.96. The van der Waals surface area contributed by atoms with Crippen molar-refractivity contribution in [3.63, 3.8) is 0 Å². The van der Waals surface area contributed by atoms with E-state index in [9.17, 15) is 0 Å². The van der Waals surface area contributed by atoms with Gasteiger partial charge in [0.05, 0.1) is 5.69 Å². The van der Waals surface area contributed by atoms with Crippen LogP contribution in [0.5, 0.6) is 0 Å². The van der Waals surface area contributed by atoms with Gasteiger partial charge in [0.25, 0.3) is 0 Å². The molecule has 0 aliphatic heterocycles. The van der Waals surface area contributed by atoms with E-state index in [2.05, 4.69) is 17.1 Å². The molecule has 0 saturated heterocycles. The highest BCUT2D eigenvalue weighted by atomic mass is 35.5.